The van der Waals surface area contributed by atoms with Crippen LogP contribution in [0.1, 0.15) is 64.8 Å². The van der Waals surface area contributed by atoms with E-state index in [1.165, 1.54) is 0 Å². The average molecular weight is 345 g/mol. The van der Waals surface area contributed by atoms with Gasteiger partial charge in [-0.15, -0.1) is 0 Å². The highest BCUT2D eigenvalue weighted by Gasteiger charge is 2.30. The second-order valence-electron chi connectivity index (χ2n) is 4.92. The van der Waals surface area contributed by atoms with Gasteiger partial charge in [-0.05, 0) is 25.0 Å². The highest BCUT2D eigenvalue weighted by Crippen LogP contribution is 2.26. The van der Waals surface area contributed by atoms with Crippen LogP contribution in [0, 0.1) is 0 Å². The Bertz CT molecular complexity index is 639. The zero-order valence-electron chi connectivity index (χ0n) is 16.3. The minimum atomic E-state index is -0.357. The number of amides is 2. The normalized spacial score (nSPS) is 17.2. The largest absolute Gasteiger partial charge is 0.296 e. The van der Waals surface area contributed by atoms with Gasteiger partial charge in [-0.1, -0.05) is 58.6 Å². The van der Waals surface area contributed by atoms with Crippen molar-refractivity contribution in [2.24, 2.45) is 7.05 Å². The molecule has 1 aromatic rings. The molecule has 0 saturated carbocycles. The number of rotatable bonds is 4. The van der Waals surface area contributed by atoms with Crippen LogP contribution >= 0.6 is 0 Å². The Hall–Kier alpha value is -2.43. The smallest absolute Gasteiger partial charge is 0.235 e. The third-order valence-corrected chi connectivity index (χ3v) is 3.51. The van der Waals surface area contributed by atoms with Gasteiger partial charge in [-0.2, -0.15) is 5.10 Å². The van der Waals surface area contributed by atoms with E-state index in [4.69, 9.17) is 0 Å². The molecule has 2 heterocycles. The van der Waals surface area contributed by atoms with E-state index in [0.29, 0.717) is 18.5 Å². The van der Waals surface area contributed by atoms with E-state index < -0.39 is 0 Å². The molecule has 2 amide bonds. The molecule has 1 aliphatic rings. The van der Waals surface area contributed by atoms with Crippen molar-refractivity contribution in [3.8, 4) is 0 Å². The Morgan fingerprint density at radius 3 is 2.48 bits per heavy atom. The van der Waals surface area contributed by atoms with Crippen LogP contribution in [0.2, 0.25) is 0 Å². The second-order valence-corrected chi connectivity index (χ2v) is 4.92. The van der Waals surface area contributed by atoms with Gasteiger partial charge in [-0.25, -0.2) is 0 Å². The highest BCUT2D eigenvalue weighted by molar-refractivity contribution is 6.00. The lowest BCUT2D eigenvalue weighted by atomic mass is 9.94. The van der Waals surface area contributed by atoms with Crippen molar-refractivity contribution in [1.29, 1.82) is 0 Å². The molecule has 2 rings (SSSR count). The zero-order chi connectivity index (χ0) is 19.4. The minimum absolute atomic E-state index is 0.213. The Kier molecular flexibility index (Phi) is 10.8. The predicted molar refractivity (Wildman–Crippen MR) is 104 cm³/mol. The molecule has 25 heavy (non-hydrogen) atoms. The first kappa shape index (κ1) is 22.6. The number of imide groups is 1. The molecule has 0 radical (unpaired) electrons. The summed E-state index contributed by atoms with van der Waals surface area (Å²) < 4.78 is 1.75. The molecule has 0 aliphatic carbocycles. The van der Waals surface area contributed by atoms with Crippen LogP contribution in [0.5, 0.6) is 0 Å². The van der Waals surface area contributed by atoms with Crippen molar-refractivity contribution in [3.05, 3.63) is 48.3 Å². The summed E-state index contributed by atoms with van der Waals surface area (Å²) in [6.45, 7) is 13.6. The van der Waals surface area contributed by atoms with Gasteiger partial charge in [0.25, 0.3) is 0 Å². The first-order valence-electron chi connectivity index (χ1n) is 8.90. The van der Waals surface area contributed by atoms with Gasteiger partial charge in [0, 0.05) is 13.5 Å². The number of allylic oxidation sites excluding steroid dienone is 5. The Labute approximate surface area is 151 Å². The van der Waals surface area contributed by atoms with E-state index in [2.05, 4.69) is 17.0 Å². The molecule has 1 aromatic heterocycles. The molecule has 1 saturated heterocycles. The average Bonchev–Trinajstić information content (AvgIpc) is 3.00. The molecule has 0 bridgehead atoms. The minimum Gasteiger partial charge on any atom is -0.296 e. The van der Waals surface area contributed by atoms with E-state index in [0.717, 1.165) is 11.3 Å². The summed E-state index contributed by atoms with van der Waals surface area (Å²) in [5, 5.41) is 6.80. The van der Waals surface area contributed by atoms with Crippen molar-refractivity contribution in [2.45, 2.75) is 53.4 Å². The fourth-order valence-corrected chi connectivity index (χ4v) is 2.41. The third-order valence-electron chi connectivity index (χ3n) is 3.51. The predicted octanol–water partition coefficient (Wildman–Crippen LogP) is 4.14. The monoisotopic (exact) mass is 345 g/mol. The topological polar surface area (TPSA) is 64.0 Å². The number of hydrogen-bond donors (Lipinski definition) is 1. The van der Waals surface area contributed by atoms with Crippen molar-refractivity contribution in [2.75, 3.05) is 0 Å². The van der Waals surface area contributed by atoms with Gasteiger partial charge in [0.05, 0.1) is 17.3 Å². The summed E-state index contributed by atoms with van der Waals surface area (Å²) in [7, 11) is 1.84. The van der Waals surface area contributed by atoms with Gasteiger partial charge in [-0.3, -0.25) is 19.6 Å². The summed E-state index contributed by atoms with van der Waals surface area (Å²) in [6.07, 6.45) is 8.35. The summed E-state index contributed by atoms with van der Waals surface area (Å²) in [5.74, 6) is -0.834. The molecule has 138 valence electrons. The van der Waals surface area contributed by atoms with Crippen LogP contribution in [0.3, 0.4) is 0 Å². The molecule has 1 atom stereocenters. The molecule has 1 aliphatic heterocycles. The summed E-state index contributed by atoms with van der Waals surface area (Å²) in [5.41, 5.74) is 2.63. The summed E-state index contributed by atoms with van der Waals surface area (Å²) >= 11 is 0. The number of piperidine rings is 1. The summed E-state index contributed by atoms with van der Waals surface area (Å²) in [4.78, 5) is 23.1. The maximum atomic E-state index is 11.9. The van der Waals surface area contributed by atoms with Gasteiger partial charge in [0.2, 0.25) is 11.8 Å². The zero-order valence-corrected chi connectivity index (χ0v) is 16.3. The number of aromatic nitrogens is 2. The second kappa shape index (κ2) is 12.0. The fourth-order valence-electron chi connectivity index (χ4n) is 2.41. The molecule has 0 aromatic carbocycles. The SMILES string of the molecule is C=C/C=C\C(=C/C)c1cc(C2CCC(=O)NC2=O)nn1C.CC.CC. The molecular weight excluding hydrogens is 314 g/mol. The lowest BCUT2D eigenvalue weighted by Crippen LogP contribution is -2.39. The van der Waals surface area contributed by atoms with Crippen molar-refractivity contribution >= 4 is 17.4 Å². The first-order chi connectivity index (χ1) is 12.1. The van der Waals surface area contributed by atoms with E-state index in [9.17, 15) is 9.59 Å². The molecule has 5 nitrogen and oxygen atoms in total. The molecule has 1 unspecified atom stereocenters. The molecular formula is C20H31N3O2. The van der Waals surface area contributed by atoms with E-state index in [-0.39, 0.29) is 17.7 Å². The van der Waals surface area contributed by atoms with Gasteiger partial charge >= 0.3 is 0 Å². The molecule has 5 heteroatoms. The fraction of sp³-hybridized carbons (Fsp3) is 0.450. The number of hydrogen-bond acceptors (Lipinski definition) is 3. The Morgan fingerprint density at radius 1 is 1.32 bits per heavy atom. The van der Waals surface area contributed by atoms with Crippen molar-refractivity contribution < 1.29 is 9.59 Å². The standard InChI is InChI=1S/C16H19N3O2.2C2H6/c1-4-6-7-11(5-2)14-10-13(18-19(14)3)12-8-9-15(20)17-16(12)21;2*1-2/h4-7,10,12H,1,8-9H2,2-3H3,(H,17,20,21);2*1-2H3/b7-6-,11-5+;;. The van der Waals surface area contributed by atoms with Gasteiger partial charge in [0.1, 0.15) is 0 Å². The van der Waals surface area contributed by atoms with Crippen molar-refractivity contribution in [1.82, 2.24) is 15.1 Å². The number of carbonyl (C=O) groups is 2. The number of nitrogens with one attached hydrogen (secondary N) is 1. The van der Waals surface area contributed by atoms with Crippen molar-refractivity contribution in [3.63, 3.8) is 0 Å². The Balaban J connectivity index is 0.00000134. The van der Waals surface area contributed by atoms with Crippen LogP contribution in [0.25, 0.3) is 5.57 Å². The van der Waals surface area contributed by atoms with Crippen LogP contribution in [-0.4, -0.2) is 21.6 Å². The maximum absolute atomic E-state index is 11.9. The van der Waals surface area contributed by atoms with E-state index in [1.807, 2.05) is 66.0 Å². The number of nitrogens with zero attached hydrogens (tertiary/aromatic N) is 2. The number of carbonyl (C=O) groups excluding carboxylic acids is 2. The first-order valence-corrected chi connectivity index (χ1v) is 8.90. The number of aryl methyl sites for hydroxylation is 1. The third kappa shape index (κ3) is 6.18. The van der Waals surface area contributed by atoms with Gasteiger partial charge < -0.3 is 0 Å². The molecule has 1 fully saturated rings. The van der Waals surface area contributed by atoms with Gasteiger partial charge in [0.15, 0.2) is 0 Å². The summed E-state index contributed by atoms with van der Waals surface area (Å²) in [6, 6.07) is 1.91. The van der Waals surface area contributed by atoms with Crippen LogP contribution in [0.4, 0.5) is 0 Å². The Morgan fingerprint density at radius 2 is 1.96 bits per heavy atom. The highest BCUT2D eigenvalue weighted by atomic mass is 16.2. The maximum Gasteiger partial charge on any atom is 0.235 e. The van der Waals surface area contributed by atoms with Crippen LogP contribution in [0.15, 0.2) is 36.9 Å². The lowest BCUT2D eigenvalue weighted by Gasteiger charge is -2.18. The molecule has 0 spiro atoms. The van der Waals surface area contributed by atoms with Crippen LogP contribution < -0.4 is 5.32 Å². The van der Waals surface area contributed by atoms with E-state index in [1.54, 1.807) is 10.8 Å². The lowest BCUT2D eigenvalue weighted by molar-refractivity contribution is -0.134. The van der Waals surface area contributed by atoms with E-state index >= 15 is 0 Å². The molecule has 1 N–H and O–H groups in total. The van der Waals surface area contributed by atoms with Crippen LogP contribution in [-0.2, 0) is 16.6 Å². The quantitative estimate of drug-likeness (QED) is 0.659.